The van der Waals surface area contributed by atoms with Crippen LogP contribution in [0.5, 0.6) is 0 Å². The predicted octanol–water partition coefficient (Wildman–Crippen LogP) is 3.30. The van der Waals surface area contributed by atoms with E-state index >= 15 is 0 Å². The van der Waals surface area contributed by atoms with Gasteiger partial charge in [0.2, 0.25) is 0 Å². The van der Waals surface area contributed by atoms with Gasteiger partial charge in [0.25, 0.3) is 12.4 Å². The highest BCUT2D eigenvalue weighted by atomic mass is 16.5. The highest BCUT2D eigenvalue weighted by molar-refractivity contribution is 6.03. The van der Waals surface area contributed by atoms with Crippen LogP contribution in [0.1, 0.15) is 63.4 Å². The first-order valence-corrected chi connectivity index (χ1v) is 9.71. The van der Waals surface area contributed by atoms with Crippen molar-refractivity contribution in [3.8, 4) is 0 Å². The molecule has 3 rings (SSSR count). The molecule has 1 aromatic carbocycles. The largest absolute Gasteiger partial charge is 0.462 e. The van der Waals surface area contributed by atoms with Crippen molar-refractivity contribution in [2.75, 3.05) is 25.9 Å². The number of fused-ring (bicyclic) bond motifs is 1. The Balaban J connectivity index is 0.000000346. The number of anilines is 1. The third-order valence-corrected chi connectivity index (χ3v) is 4.44. The van der Waals surface area contributed by atoms with Gasteiger partial charge in [-0.2, -0.15) is 0 Å². The van der Waals surface area contributed by atoms with Crippen molar-refractivity contribution in [3.05, 3.63) is 29.3 Å². The van der Waals surface area contributed by atoms with Crippen LogP contribution in [0.4, 0.5) is 5.69 Å². The number of nitrogen functional groups attached to an aromatic ring is 1. The maximum absolute atomic E-state index is 12.5. The first-order valence-electron chi connectivity index (χ1n) is 9.71. The number of nitrogens with two attached hydrogens (primary N) is 1. The molecule has 2 aliphatic rings. The van der Waals surface area contributed by atoms with Crippen LogP contribution in [-0.2, 0) is 16.1 Å². The molecule has 2 N–H and O–H groups in total. The van der Waals surface area contributed by atoms with E-state index in [-0.39, 0.29) is 11.5 Å². The molecule has 0 aliphatic carbocycles. The number of benzene rings is 1. The Hall–Kier alpha value is -2.08. The van der Waals surface area contributed by atoms with Crippen molar-refractivity contribution in [3.63, 3.8) is 0 Å². The lowest BCUT2D eigenvalue weighted by Gasteiger charge is -2.35. The van der Waals surface area contributed by atoms with Gasteiger partial charge in [0.1, 0.15) is 5.60 Å². The number of ether oxygens (including phenoxy) is 1. The van der Waals surface area contributed by atoms with E-state index < -0.39 is 0 Å². The number of carbonyl (C=O) groups excluding carboxylic acids is 2. The van der Waals surface area contributed by atoms with Gasteiger partial charge in [-0.3, -0.25) is 9.59 Å². The molecule has 2 heterocycles. The van der Waals surface area contributed by atoms with Gasteiger partial charge in [-0.1, -0.05) is 26.0 Å². The smallest absolute Gasteiger partial charge is 0.293 e. The van der Waals surface area contributed by atoms with Crippen LogP contribution in [0.15, 0.2) is 18.2 Å². The molecule has 6 heteroatoms. The minimum Gasteiger partial charge on any atom is -0.462 e. The molecule has 6 nitrogen and oxygen atoms in total. The first kappa shape index (κ1) is 23.0. The zero-order valence-corrected chi connectivity index (χ0v) is 17.6. The van der Waals surface area contributed by atoms with Gasteiger partial charge in [0, 0.05) is 24.8 Å². The third kappa shape index (κ3) is 6.54. The summed E-state index contributed by atoms with van der Waals surface area (Å²) in [6.07, 6.45) is 2.26. The van der Waals surface area contributed by atoms with E-state index in [0.29, 0.717) is 18.2 Å². The lowest BCUT2D eigenvalue weighted by molar-refractivity contribution is -0.138. The van der Waals surface area contributed by atoms with Crippen LogP contribution in [0.25, 0.3) is 0 Å². The quantitative estimate of drug-likeness (QED) is 0.632. The minimum absolute atomic E-state index is 0.114. The Kier molecular flexibility index (Phi) is 8.76. The molecule has 1 unspecified atom stereocenters. The number of amides is 1. The fourth-order valence-electron chi connectivity index (χ4n) is 3.24. The van der Waals surface area contributed by atoms with Crippen LogP contribution in [0.3, 0.4) is 0 Å². The van der Waals surface area contributed by atoms with Gasteiger partial charge in [-0.05, 0) is 58.8 Å². The number of likely N-dealkylation sites (tertiary alicyclic amines) is 1. The summed E-state index contributed by atoms with van der Waals surface area (Å²) < 4.78 is 4.55. The van der Waals surface area contributed by atoms with Crippen LogP contribution < -0.4 is 5.73 Å². The van der Waals surface area contributed by atoms with Gasteiger partial charge in [0.05, 0.1) is 5.56 Å². The molecular formula is C21H35N3O3. The molecule has 0 spiro atoms. The summed E-state index contributed by atoms with van der Waals surface area (Å²) in [6, 6.07) is 6.09. The molecule has 0 saturated carbocycles. The average Bonchev–Trinajstić information content (AvgIpc) is 2.94. The molecule has 1 amide bonds. The van der Waals surface area contributed by atoms with Gasteiger partial charge in [-0.15, -0.1) is 0 Å². The Bertz CT molecular complexity index is 626. The number of carbonyl (C=O) groups is 2. The van der Waals surface area contributed by atoms with Gasteiger partial charge >= 0.3 is 0 Å². The number of rotatable bonds is 2. The van der Waals surface area contributed by atoms with Crippen molar-refractivity contribution < 1.29 is 14.3 Å². The zero-order valence-electron chi connectivity index (χ0n) is 17.6. The molecule has 27 heavy (non-hydrogen) atoms. The molecule has 1 saturated heterocycles. The van der Waals surface area contributed by atoms with Crippen molar-refractivity contribution in [2.45, 2.75) is 65.6 Å². The van der Waals surface area contributed by atoms with Crippen LogP contribution in [-0.4, -0.2) is 54.0 Å². The summed E-state index contributed by atoms with van der Waals surface area (Å²) in [5, 5.41) is 0. The van der Waals surface area contributed by atoms with E-state index in [1.54, 1.807) is 0 Å². The maximum atomic E-state index is 12.5. The number of hydrogen-bond donors (Lipinski definition) is 1. The standard InChI is InChI=1S/C14H19N3O.C5H10O2.C2H6/c1-16-7-3-5-11(9-16)17-8-10-4-2-6-12(15)13(10)14(17)18;1-5(2,3)7-4-6;1-2/h2,4,6,11H,3,5,7-9,15H2,1H3;4H,1-3H3;1-2H3. The van der Waals surface area contributed by atoms with Crippen LogP contribution in [0.2, 0.25) is 0 Å². The second-order valence-corrected chi connectivity index (χ2v) is 7.70. The van der Waals surface area contributed by atoms with Crippen molar-refractivity contribution in [1.82, 2.24) is 9.80 Å². The SMILES string of the molecule is CC.CC(C)(C)OC=O.CN1CCCC(N2Cc3cccc(N)c3C2=O)C1. The van der Waals surface area contributed by atoms with E-state index in [9.17, 15) is 9.59 Å². The fraction of sp³-hybridized carbons (Fsp3) is 0.619. The van der Waals surface area contributed by atoms with Gasteiger partial charge < -0.3 is 20.3 Å². The van der Waals surface area contributed by atoms with Crippen molar-refractivity contribution in [1.29, 1.82) is 0 Å². The van der Waals surface area contributed by atoms with Gasteiger partial charge in [0.15, 0.2) is 0 Å². The maximum Gasteiger partial charge on any atom is 0.293 e. The Labute approximate surface area is 163 Å². The average molecular weight is 378 g/mol. The predicted molar refractivity (Wildman–Crippen MR) is 109 cm³/mol. The normalized spacial score (nSPS) is 19.3. The van der Waals surface area contributed by atoms with E-state index in [2.05, 4.69) is 16.7 Å². The molecular weight excluding hydrogens is 342 g/mol. The van der Waals surface area contributed by atoms with Gasteiger partial charge in [-0.25, -0.2) is 0 Å². The van der Waals surface area contributed by atoms with Crippen molar-refractivity contribution in [2.24, 2.45) is 0 Å². The summed E-state index contributed by atoms with van der Waals surface area (Å²) >= 11 is 0. The summed E-state index contributed by atoms with van der Waals surface area (Å²) in [7, 11) is 2.12. The molecule has 1 aromatic rings. The van der Waals surface area contributed by atoms with E-state index in [0.717, 1.165) is 43.6 Å². The molecule has 1 atom stereocenters. The fourth-order valence-corrected chi connectivity index (χ4v) is 3.24. The molecule has 1 fully saturated rings. The van der Waals surface area contributed by atoms with E-state index in [1.165, 1.54) is 0 Å². The number of likely N-dealkylation sites (N-methyl/N-ethyl adjacent to an activating group) is 1. The zero-order chi connectivity index (χ0) is 20.6. The first-order chi connectivity index (χ1) is 12.7. The minimum atomic E-state index is -0.318. The molecule has 0 bridgehead atoms. The Morgan fingerprint density at radius 3 is 2.41 bits per heavy atom. The highest BCUT2D eigenvalue weighted by Crippen LogP contribution is 2.30. The Morgan fingerprint density at radius 2 is 1.93 bits per heavy atom. The lowest BCUT2D eigenvalue weighted by Crippen LogP contribution is -2.46. The monoisotopic (exact) mass is 377 g/mol. The van der Waals surface area contributed by atoms with E-state index in [4.69, 9.17) is 5.73 Å². The molecule has 0 aromatic heterocycles. The molecule has 152 valence electrons. The lowest BCUT2D eigenvalue weighted by atomic mass is 10.0. The van der Waals surface area contributed by atoms with Crippen LogP contribution in [0, 0.1) is 0 Å². The summed E-state index contributed by atoms with van der Waals surface area (Å²) in [5.41, 5.74) is 8.03. The second kappa shape index (κ2) is 10.3. The highest BCUT2D eigenvalue weighted by Gasteiger charge is 2.35. The summed E-state index contributed by atoms with van der Waals surface area (Å²) in [4.78, 5) is 26.3. The van der Waals surface area contributed by atoms with Crippen LogP contribution >= 0.6 is 0 Å². The molecule has 0 radical (unpaired) electrons. The second-order valence-electron chi connectivity index (χ2n) is 7.70. The molecule has 2 aliphatic heterocycles. The number of hydrogen-bond acceptors (Lipinski definition) is 5. The summed E-state index contributed by atoms with van der Waals surface area (Å²) in [5.74, 6) is 0.114. The summed E-state index contributed by atoms with van der Waals surface area (Å²) in [6.45, 7) is 12.7. The third-order valence-electron chi connectivity index (χ3n) is 4.44. The Morgan fingerprint density at radius 1 is 1.26 bits per heavy atom. The van der Waals surface area contributed by atoms with Crippen molar-refractivity contribution >= 4 is 18.1 Å². The topological polar surface area (TPSA) is 75.9 Å². The number of nitrogens with zero attached hydrogens (tertiary/aromatic N) is 2. The van der Waals surface area contributed by atoms with E-state index in [1.807, 2.05) is 57.7 Å². The number of piperidine rings is 1.